The number of fused-ring (bicyclic) bond motifs is 1. The van der Waals surface area contributed by atoms with Crippen molar-refractivity contribution in [1.29, 1.82) is 0 Å². The van der Waals surface area contributed by atoms with Crippen molar-refractivity contribution in [2.75, 3.05) is 39.0 Å². The Kier molecular flexibility index (Phi) is 10.8. The van der Waals surface area contributed by atoms with Crippen LogP contribution < -0.4 is 15.4 Å². The van der Waals surface area contributed by atoms with Crippen molar-refractivity contribution in [2.45, 2.75) is 69.6 Å². The van der Waals surface area contributed by atoms with Crippen LogP contribution in [0.25, 0.3) is 0 Å². The highest BCUT2D eigenvalue weighted by atomic mass is 35.5. The molecule has 2 aliphatic heterocycles. The predicted octanol–water partition coefficient (Wildman–Crippen LogP) is 2.72. The summed E-state index contributed by atoms with van der Waals surface area (Å²) in [5.74, 6) is 0.169. The number of benzene rings is 2. The van der Waals surface area contributed by atoms with Gasteiger partial charge in [0.15, 0.2) is 0 Å². The number of carbonyl (C=O) groups excluding carboxylic acids is 2. The van der Waals surface area contributed by atoms with Crippen LogP contribution in [-0.4, -0.2) is 87.1 Å². The summed E-state index contributed by atoms with van der Waals surface area (Å²) in [4.78, 5) is 31.7. The highest BCUT2D eigenvalue weighted by Crippen LogP contribution is 2.30. The van der Waals surface area contributed by atoms with Gasteiger partial charge >= 0.3 is 0 Å². The fourth-order valence-electron chi connectivity index (χ4n) is 6.81. The van der Waals surface area contributed by atoms with Crippen molar-refractivity contribution in [3.8, 4) is 0 Å². The van der Waals surface area contributed by atoms with E-state index >= 15 is 0 Å². The quantitative estimate of drug-likeness (QED) is 0.373. The third-order valence-electron chi connectivity index (χ3n) is 9.21. The Hall–Kier alpha value is -2.50. The number of halogens is 1. The highest BCUT2D eigenvalue weighted by molar-refractivity contribution is 7.88. The van der Waals surface area contributed by atoms with Crippen molar-refractivity contribution in [3.63, 3.8) is 0 Å². The molecule has 2 aromatic rings. The summed E-state index contributed by atoms with van der Waals surface area (Å²) in [5.41, 5.74) is 3.26. The van der Waals surface area contributed by atoms with Gasteiger partial charge in [-0.1, -0.05) is 67.3 Å². The molecule has 2 aromatic carbocycles. The Bertz CT molecular complexity index is 1360. The average molecular weight is 630 g/mol. The molecule has 0 radical (unpaired) electrons. The number of carbonyl (C=O) groups is 2. The number of nitrogens with zero attached hydrogens (tertiary/aromatic N) is 2. The van der Waals surface area contributed by atoms with Gasteiger partial charge in [0.05, 0.1) is 12.3 Å². The van der Waals surface area contributed by atoms with Crippen molar-refractivity contribution in [1.82, 2.24) is 25.2 Å². The maximum atomic E-state index is 14.0. The van der Waals surface area contributed by atoms with Crippen molar-refractivity contribution >= 4 is 33.4 Å². The van der Waals surface area contributed by atoms with Crippen LogP contribution >= 0.6 is 11.6 Å². The number of nitrogens with one attached hydrogen (secondary N) is 3. The van der Waals surface area contributed by atoms with Crippen LogP contribution in [0.2, 0.25) is 5.02 Å². The molecular formula is C32H44ClN5O4S. The molecule has 2 fully saturated rings. The number of hydrogen-bond donors (Lipinski definition) is 3. The van der Waals surface area contributed by atoms with Crippen LogP contribution in [0.4, 0.5) is 0 Å². The lowest BCUT2D eigenvalue weighted by atomic mass is 9.83. The van der Waals surface area contributed by atoms with E-state index in [1.165, 1.54) is 31.1 Å². The van der Waals surface area contributed by atoms with E-state index in [2.05, 4.69) is 32.4 Å². The molecule has 234 valence electrons. The first-order chi connectivity index (χ1) is 20.7. The lowest BCUT2D eigenvalue weighted by Crippen LogP contribution is -2.60. The molecule has 3 atom stereocenters. The second-order valence-corrected chi connectivity index (χ2v) is 14.5. The summed E-state index contributed by atoms with van der Waals surface area (Å²) in [5, 5.41) is 7.04. The third-order valence-corrected chi connectivity index (χ3v) is 10.2. The smallest absolute Gasteiger partial charge is 0.245 e. The van der Waals surface area contributed by atoms with E-state index in [4.69, 9.17) is 11.6 Å². The minimum Gasteiger partial charge on any atom is -0.343 e. The third kappa shape index (κ3) is 8.79. The maximum Gasteiger partial charge on any atom is 0.245 e. The van der Waals surface area contributed by atoms with E-state index in [0.29, 0.717) is 63.1 Å². The number of hydrogen-bond acceptors (Lipinski definition) is 6. The van der Waals surface area contributed by atoms with E-state index in [0.717, 1.165) is 24.0 Å². The first kappa shape index (κ1) is 31.9. The van der Waals surface area contributed by atoms with E-state index in [9.17, 15) is 18.0 Å². The summed E-state index contributed by atoms with van der Waals surface area (Å²) in [6.07, 6.45) is 7.93. The van der Waals surface area contributed by atoms with Gasteiger partial charge in [-0.15, -0.1) is 0 Å². The molecule has 43 heavy (non-hydrogen) atoms. The van der Waals surface area contributed by atoms with Crippen LogP contribution in [0.5, 0.6) is 0 Å². The zero-order valence-electron chi connectivity index (χ0n) is 24.9. The molecule has 1 saturated heterocycles. The van der Waals surface area contributed by atoms with Gasteiger partial charge in [-0.3, -0.25) is 14.5 Å². The van der Waals surface area contributed by atoms with Crippen LogP contribution in [0.3, 0.4) is 0 Å². The summed E-state index contributed by atoms with van der Waals surface area (Å²) in [6.45, 7) is 3.40. The predicted molar refractivity (Wildman–Crippen MR) is 169 cm³/mol. The van der Waals surface area contributed by atoms with Gasteiger partial charge in [-0.05, 0) is 54.0 Å². The van der Waals surface area contributed by atoms with Gasteiger partial charge in [0.2, 0.25) is 21.8 Å². The van der Waals surface area contributed by atoms with Crippen LogP contribution in [-0.2, 0) is 39.0 Å². The number of amides is 2. The van der Waals surface area contributed by atoms with Gasteiger partial charge in [0.25, 0.3) is 0 Å². The van der Waals surface area contributed by atoms with Crippen LogP contribution in [0.15, 0.2) is 48.5 Å². The summed E-state index contributed by atoms with van der Waals surface area (Å²) in [6, 6.07) is 14.5. The van der Waals surface area contributed by atoms with E-state index in [1.54, 1.807) is 12.1 Å². The summed E-state index contributed by atoms with van der Waals surface area (Å²) in [7, 11) is -3.30. The molecule has 0 spiro atoms. The van der Waals surface area contributed by atoms with Crippen molar-refractivity contribution in [3.05, 3.63) is 70.2 Å². The van der Waals surface area contributed by atoms with Crippen LogP contribution in [0.1, 0.15) is 48.8 Å². The zero-order chi connectivity index (χ0) is 30.4. The molecule has 0 bridgehead atoms. The maximum absolute atomic E-state index is 14.0. The standard InChI is InChI=1S/C32H44ClN5O4S/c1-43(41,42)35-22-30(24-7-3-2-4-8-24)37-15-17-38(18-16-37)32(40)29(19-23-11-13-27(33)14-12-23)36-31(39)28-20-25-9-5-6-10-26(25)21-34-28/h5-6,9-14,24,28-30,34-35H,2-4,7-8,15-22H2,1H3,(H,36,39). The lowest BCUT2D eigenvalue weighted by molar-refractivity contribution is -0.138. The fourth-order valence-corrected chi connectivity index (χ4v) is 7.41. The Morgan fingerprint density at radius 2 is 1.65 bits per heavy atom. The van der Waals surface area contributed by atoms with E-state index in [1.807, 2.05) is 29.2 Å². The number of piperazine rings is 1. The van der Waals surface area contributed by atoms with Gasteiger partial charge in [-0.25, -0.2) is 13.1 Å². The van der Waals surface area contributed by atoms with Gasteiger partial charge in [-0.2, -0.15) is 0 Å². The first-order valence-electron chi connectivity index (χ1n) is 15.5. The summed E-state index contributed by atoms with van der Waals surface area (Å²) < 4.78 is 26.6. The summed E-state index contributed by atoms with van der Waals surface area (Å²) >= 11 is 6.11. The topological polar surface area (TPSA) is 111 Å². The molecule has 2 heterocycles. The zero-order valence-corrected chi connectivity index (χ0v) is 26.5. The SMILES string of the molecule is CS(=O)(=O)NCC(C1CCCCC1)N1CCN(C(=O)C(Cc2ccc(Cl)cc2)NC(=O)C2Cc3ccccc3CN2)CC1. The normalized spacial score (nSPS) is 21.5. The number of sulfonamides is 1. The van der Waals surface area contributed by atoms with Gasteiger partial charge < -0.3 is 15.5 Å². The monoisotopic (exact) mass is 629 g/mol. The fraction of sp³-hybridized carbons (Fsp3) is 0.562. The Balaban J connectivity index is 1.25. The number of rotatable bonds is 10. The van der Waals surface area contributed by atoms with Gasteiger partial charge in [0, 0.05) is 56.8 Å². The molecule has 3 unspecified atom stereocenters. The Morgan fingerprint density at radius 1 is 0.977 bits per heavy atom. The lowest BCUT2D eigenvalue weighted by Gasteiger charge is -2.44. The molecule has 11 heteroatoms. The van der Waals surface area contributed by atoms with Gasteiger partial charge in [0.1, 0.15) is 6.04 Å². The molecule has 3 N–H and O–H groups in total. The van der Waals surface area contributed by atoms with E-state index < -0.39 is 22.1 Å². The molecule has 1 saturated carbocycles. The Morgan fingerprint density at radius 3 is 2.33 bits per heavy atom. The molecule has 2 amide bonds. The first-order valence-corrected chi connectivity index (χ1v) is 17.8. The van der Waals surface area contributed by atoms with Crippen molar-refractivity contribution < 1.29 is 18.0 Å². The molecule has 5 rings (SSSR count). The average Bonchev–Trinajstić information content (AvgIpc) is 3.01. The molecule has 3 aliphatic rings. The molecule has 0 aromatic heterocycles. The van der Waals surface area contributed by atoms with Crippen molar-refractivity contribution in [2.24, 2.45) is 5.92 Å². The molecular weight excluding hydrogens is 586 g/mol. The molecule has 9 nitrogen and oxygen atoms in total. The Labute approximate surface area is 260 Å². The van der Waals surface area contributed by atoms with E-state index in [-0.39, 0.29) is 17.9 Å². The minimum atomic E-state index is -3.30. The second kappa shape index (κ2) is 14.5. The second-order valence-electron chi connectivity index (χ2n) is 12.2. The van der Waals surface area contributed by atoms with Crippen LogP contribution in [0, 0.1) is 5.92 Å². The highest BCUT2D eigenvalue weighted by Gasteiger charge is 2.35. The minimum absolute atomic E-state index is 0.0948. The molecule has 1 aliphatic carbocycles. The largest absolute Gasteiger partial charge is 0.343 e.